The molecule has 2 aliphatic rings. The van der Waals surface area contributed by atoms with Crippen LogP contribution in [0.2, 0.25) is 5.02 Å². The highest BCUT2D eigenvalue weighted by Gasteiger charge is 2.51. The lowest BCUT2D eigenvalue weighted by Gasteiger charge is -2.37. The number of ether oxygens (including phenoxy) is 1. The molecule has 3 heterocycles. The number of piperidine rings is 1. The third kappa shape index (κ3) is 2.86. The van der Waals surface area contributed by atoms with Gasteiger partial charge in [-0.25, -0.2) is 0 Å². The summed E-state index contributed by atoms with van der Waals surface area (Å²) in [6, 6.07) is 1.96. The molecule has 126 valence electrons. The number of rotatable bonds is 2. The van der Waals surface area contributed by atoms with E-state index in [4.69, 9.17) is 21.3 Å². The lowest BCUT2D eigenvalue weighted by molar-refractivity contribution is -0.135. The van der Waals surface area contributed by atoms with Crippen LogP contribution in [0.4, 0.5) is 0 Å². The number of carbonyl (C=O) groups excluding carboxylic acids is 1. The Labute approximate surface area is 142 Å². The smallest absolute Gasteiger partial charge is 0.217 e. The fourth-order valence-electron chi connectivity index (χ4n) is 3.75. The fraction of sp³-hybridized carbons (Fsp3) is 0.647. The van der Waals surface area contributed by atoms with E-state index in [1.54, 1.807) is 0 Å². The summed E-state index contributed by atoms with van der Waals surface area (Å²) in [5.74, 6) is -0.0717. The van der Waals surface area contributed by atoms with Crippen LogP contribution in [0, 0.1) is 6.92 Å². The van der Waals surface area contributed by atoms with Gasteiger partial charge in [-0.05, 0) is 52.8 Å². The highest BCUT2D eigenvalue weighted by Crippen LogP contribution is 2.51. The topological polar surface area (TPSA) is 63.2 Å². The Bertz CT molecular complexity index is 639. The zero-order chi connectivity index (χ0) is 16.8. The molecule has 1 fully saturated rings. The van der Waals surface area contributed by atoms with Crippen LogP contribution in [-0.4, -0.2) is 29.5 Å². The third-order valence-electron chi connectivity index (χ3n) is 4.80. The van der Waals surface area contributed by atoms with Crippen molar-refractivity contribution < 1.29 is 9.53 Å². The SMILES string of the molecule is CC(=O)NC(C)(C)[C@H]1OC2(CCNCC2)c2nc(C)c(Cl)cc21. The Morgan fingerprint density at radius 2 is 2.13 bits per heavy atom. The van der Waals surface area contributed by atoms with Crippen molar-refractivity contribution in [3.63, 3.8) is 0 Å². The summed E-state index contributed by atoms with van der Waals surface area (Å²) < 4.78 is 6.56. The minimum Gasteiger partial charge on any atom is -0.358 e. The van der Waals surface area contributed by atoms with Crippen molar-refractivity contribution in [2.24, 2.45) is 0 Å². The second-order valence-electron chi connectivity index (χ2n) is 7.14. The summed E-state index contributed by atoms with van der Waals surface area (Å²) >= 11 is 6.32. The van der Waals surface area contributed by atoms with Gasteiger partial charge in [0.1, 0.15) is 11.7 Å². The number of hydrogen-bond acceptors (Lipinski definition) is 4. The average Bonchev–Trinajstić information content (AvgIpc) is 2.74. The van der Waals surface area contributed by atoms with Crippen LogP contribution < -0.4 is 10.6 Å². The zero-order valence-corrected chi connectivity index (χ0v) is 14.9. The van der Waals surface area contributed by atoms with Crippen molar-refractivity contribution in [2.45, 2.75) is 57.8 Å². The van der Waals surface area contributed by atoms with Crippen LogP contribution in [0.15, 0.2) is 6.07 Å². The van der Waals surface area contributed by atoms with E-state index >= 15 is 0 Å². The molecule has 6 heteroatoms. The van der Waals surface area contributed by atoms with Crippen LogP contribution in [0.1, 0.15) is 56.7 Å². The summed E-state index contributed by atoms with van der Waals surface area (Å²) in [6.45, 7) is 9.21. The van der Waals surface area contributed by atoms with Crippen LogP contribution in [0.5, 0.6) is 0 Å². The van der Waals surface area contributed by atoms with Gasteiger partial charge < -0.3 is 15.4 Å². The van der Waals surface area contributed by atoms with Crippen LogP contribution >= 0.6 is 11.6 Å². The van der Waals surface area contributed by atoms with Crippen molar-refractivity contribution in [3.05, 3.63) is 28.0 Å². The minimum atomic E-state index is -0.533. The molecule has 1 amide bonds. The van der Waals surface area contributed by atoms with E-state index in [-0.39, 0.29) is 17.6 Å². The van der Waals surface area contributed by atoms with E-state index in [0.29, 0.717) is 5.02 Å². The van der Waals surface area contributed by atoms with E-state index in [9.17, 15) is 4.79 Å². The number of hydrogen-bond donors (Lipinski definition) is 2. The first-order chi connectivity index (χ1) is 10.8. The van der Waals surface area contributed by atoms with Gasteiger partial charge in [-0.2, -0.15) is 0 Å². The van der Waals surface area contributed by atoms with E-state index in [2.05, 4.69) is 10.6 Å². The summed E-state index contributed by atoms with van der Waals surface area (Å²) in [5.41, 5.74) is 1.90. The fourth-order valence-corrected chi connectivity index (χ4v) is 3.91. The van der Waals surface area contributed by atoms with Gasteiger partial charge in [-0.3, -0.25) is 9.78 Å². The van der Waals surface area contributed by atoms with Gasteiger partial charge in [-0.15, -0.1) is 0 Å². The molecular formula is C17H24ClN3O2. The largest absolute Gasteiger partial charge is 0.358 e. The van der Waals surface area contributed by atoms with Gasteiger partial charge in [0, 0.05) is 12.5 Å². The van der Waals surface area contributed by atoms with E-state index in [1.165, 1.54) is 6.92 Å². The van der Waals surface area contributed by atoms with Gasteiger partial charge >= 0.3 is 0 Å². The van der Waals surface area contributed by atoms with Crippen molar-refractivity contribution in [2.75, 3.05) is 13.1 Å². The summed E-state index contributed by atoms with van der Waals surface area (Å²) in [7, 11) is 0. The molecule has 23 heavy (non-hydrogen) atoms. The standard InChI is InChI=1S/C17H24ClN3O2/c1-10-13(18)9-12-14(20-10)17(5-7-19-8-6-17)23-15(12)16(3,4)21-11(2)22/h9,15,19H,5-8H2,1-4H3,(H,21,22)/t15-/m0/s1. The number of amides is 1. The molecule has 2 N–H and O–H groups in total. The Hall–Kier alpha value is -1.17. The number of carbonyl (C=O) groups is 1. The van der Waals surface area contributed by atoms with Gasteiger partial charge in [0.05, 0.1) is 21.9 Å². The van der Waals surface area contributed by atoms with Crippen molar-refractivity contribution in [1.29, 1.82) is 0 Å². The molecule has 5 nitrogen and oxygen atoms in total. The summed E-state index contributed by atoms with van der Waals surface area (Å²) in [6.07, 6.45) is 1.49. The van der Waals surface area contributed by atoms with Crippen molar-refractivity contribution >= 4 is 17.5 Å². The second kappa shape index (κ2) is 5.72. The number of pyridine rings is 1. The predicted octanol–water partition coefficient (Wildman–Crippen LogP) is 2.61. The maximum absolute atomic E-state index is 11.6. The minimum absolute atomic E-state index is 0.0717. The van der Waals surface area contributed by atoms with Crippen molar-refractivity contribution in [3.8, 4) is 0 Å². The molecule has 0 saturated carbocycles. The molecule has 3 rings (SSSR count). The molecule has 0 unspecified atom stereocenters. The number of aromatic nitrogens is 1. The first-order valence-corrected chi connectivity index (χ1v) is 8.48. The predicted molar refractivity (Wildman–Crippen MR) is 89.5 cm³/mol. The van der Waals surface area contributed by atoms with Gasteiger partial charge in [0.15, 0.2) is 0 Å². The molecular weight excluding hydrogens is 314 g/mol. The highest BCUT2D eigenvalue weighted by atomic mass is 35.5. The average molecular weight is 338 g/mol. The first kappa shape index (κ1) is 16.7. The van der Waals surface area contributed by atoms with E-state index < -0.39 is 5.54 Å². The molecule has 1 atom stereocenters. The molecule has 0 aliphatic carbocycles. The summed E-state index contributed by atoms with van der Waals surface area (Å²) in [4.78, 5) is 16.4. The quantitative estimate of drug-likeness (QED) is 0.870. The monoisotopic (exact) mass is 337 g/mol. The molecule has 0 bridgehead atoms. The van der Waals surface area contributed by atoms with Crippen molar-refractivity contribution in [1.82, 2.24) is 15.6 Å². The first-order valence-electron chi connectivity index (χ1n) is 8.10. The summed E-state index contributed by atoms with van der Waals surface area (Å²) in [5, 5.41) is 7.02. The van der Waals surface area contributed by atoms with Gasteiger partial charge in [0.2, 0.25) is 5.91 Å². The van der Waals surface area contributed by atoms with Crippen LogP contribution in [-0.2, 0) is 15.1 Å². The molecule has 1 aromatic rings. The Kier molecular flexibility index (Phi) is 4.15. The second-order valence-corrected chi connectivity index (χ2v) is 7.55. The lowest BCUT2D eigenvalue weighted by Crippen LogP contribution is -2.48. The maximum atomic E-state index is 11.6. The Morgan fingerprint density at radius 3 is 2.74 bits per heavy atom. The molecule has 0 aromatic carbocycles. The van der Waals surface area contributed by atoms with E-state index in [0.717, 1.165) is 42.9 Å². The number of nitrogens with zero attached hydrogens (tertiary/aromatic N) is 1. The van der Waals surface area contributed by atoms with E-state index in [1.807, 2.05) is 26.8 Å². The third-order valence-corrected chi connectivity index (χ3v) is 5.19. The zero-order valence-electron chi connectivity index (χ0n) is 14.1. The maximum Gasteiger partial charge on any atom is 0.217 e. The Balaban J connectivity index is 2.08. The van der Waals surface area contributed by atoms with Crippen LogP contribution in [0.25, 0.3) is 0 Å². The number of halogens is 1. The molecule has 1 aromatic heterocycles. The number of fused-ring (bicyclic) bond motifs is 2. The number of aryl methyl sites for hydroxylation is 1. The lowest BCUT2D eigenvalue weighted by atomic mass is 9.86. The normalized spacial score (nSPS) is 22.9. The van der Waals surface area contributed by atoms with Crippen LogP contribution in [0.3, 0.4) is 0 Å². The Morgan fingerprint density at radius 1 is 1.48 bits per heavy atom. The highest BCUT2D eigenvalue weighted by molar-refractivity contribution is 6.31. The van der Waals surface area contributed by atoms with Gasteiger partial charge in [-0.1, -0.05) is 11.6 Å². The molecule has 0 radical (unpaired) electrons. The van der Waals surface area contributed by atoms with Gasteiger partial charge in [0.25, 0.3) is 0 Å². The molecule has 1 spiro atoms. The number of nitrogens with one attached hydrogen (secondary N) is 2. The molecule has 2 aliphatic heterocycles. The molecule has 1 saturated heterocycles.